The summed E-state index contributed by atoms with van der Waals surface area (Å²) < 4.78 is 1.82. The van der Waals surface area contributed by atoms with Crippen molar-refractivity contribution in [2.75, 3.05) is 13.1 Å². The number of aromatic nitrogens is 2. The fourth-order valence-corrected chi connectivity index (χ4v) is 1.94. The Hall–Kier alpha value is -2.14. The van der Waals surface area contributed by atoms with Crippen LogP contribution in [0.15, 0.2) is 49.1 Å². The lowest BCUT2D eigenvalue weighted by Gasteiger charge is -2.18. The van der Waals surface area contributed by atoms with Crippen molar-refractivity contribution in [1.82, 2.24) is 14.9 Å². The fourth-order valence-electron chi connectivity index (χ4n) is 1.94. The third-order valence-corrected chi connectivity index (χ3v) is 2.90. The Kier molecular flexibility index (Phi) is 4.69. The monoisotopic (exact) mass is 258 g/mol. The van der Waals surface area contributed by atoms with E-state index in [1.807, 2.05) is 34.9 Å². The molecular formula is C14H18N4O. The fraction of sp³-hybridized carbons (Fsp3) is 0.286. The Labute approximate surface area is 112 Å². The number of carbonyl (C=O) groups excluding carboxylic acids is 1. The minimum atomic E-state index is -0.295. The number of nitrogens with zero attached hydrogens (tertiary/aromatic N) is 2. The molecule has 0 radical (unpaired) electrons. The van der Waals surface area contributed by atoms with Crippen molar-refractivity contribution in [2.24, 2.45) is 5.73 Å². The molecule has 5 heteroatoms. The summed E-state index contributed by atoms with van der Waals surface area (Å²) in [6.07, 6.45) is 5.77. The van der Waals surface area contributed by atoms with Gasteiger partial charge in [-0.1, -0.05) is 30.3 Å². The van der Waals surface area contributed by atoms with E-state index in [0.29, 0.717) is 19.5 Å². The van der Waals surface area contributed by atoms with Gasteiger partial charge in [-0.3, -0.25) is 4.79 Å². The Bertz CT molecular complexity index is 495. The lowest BCUT2D eigenvalue weighted by Crippen LogP contribution is -2.36. The summed E-state index contributed by atoms with van der Waals surface area (Å²) in [6, 6.07) is 9.64. The smallest absolute Gasteiger partial charge is 0.243 e. The van der Waals surface area contributed by atoms with E-state index in [1.165, 1.54) is 0 Å². The van der Waals surface area contributed by atoms with Crippen LogP contribution in [0.3, 0.4) is 0 Å². The standard InChI is InChI=1S/C14H18N4O/c15-6-7-17-14(19)13(18-9-8-16-11-18)10-12-4-2-1-3-5-12/h1-5,8-9,11,13H,6-7,10,15H2,(H,17,19). The van der Waals surface area contributed by atoms with E-state index in [-0.39, 0.29) is 11.9 Å². The van der Waals surface area contributed by atoms with E-state index >= 15 is 0 Å². The highest BCUT2D eigenvalue weighted by Gasteiger charge is 2.19. The number of benzene rings is 1. The van der Waals surface area contributed by atoms with Crippen LogP contribution in [0.25, 0.3) is 0 Å². The SMILES string of the molecule is NCCNC(=O)C(Cc1ccccc1)n1ccnc1. The molecule has 0 bridgehead atoms. The van der Waals surface area contributed by atoms with E-state index in [0.717, 1.165) is 5.56 Å². The number of amides is 1. The quantitative estimate of drug-likeness (QED) is 0.802. The van der Waals surface area contributed by atoms with Crippen LogP contribution in [-0.4, -0.2) is 28.5 Å². The molecule has 5 nitrogen and oxygen atoms in total. The Morgan fingerprint density at radius 2 is 2.16 bits per heavy atom. The minimum Gasteiger partial charge on any atom is -0.353 e. The number of hydrogen-bond acceptors (Lipinski definition) is 3. The van der Waals surface area contributed by atoms with Gasteiger partial charge in [0.25, 0.3) is 0 Å². The summed E-state index contributed by atoms with van der Waals surface area (Å²) in [5, 5.41) is 2.83. The topological polar surface area (TPSA) is 72.9 Å². The Balaban J connectivity index is 2.13. The molecule has 0 aliphatic rings. The highest BCUT2D eigenvalue weighted by Crippen LogP contribution is 2.14. The third kappa shape index (κ3) is 3.66. The summed E-state index contributed by atoms with van der Waals surface area (Å²) in [6.45, 7) is 0.923. The number of imidazole rings is 1. The normalized spacial score (nSPS) is 12.1. The van der Waals surface area contributed by atoms with Gasteiger partial charge in [0, 0.05) is 31.9 Å². The molecular weight excluding hydrogens is 240 g/mol. The maximum Gasteiger partial charge on any atom is 0.243 e. The number of nitrogens with two attached hydrogens (primary N) is 1. The van der Waals surface area contributed by atoms with Crippen molar-refractivity contribution in [1.29, 1.82) is 0 Å². The molecule has 0 spiro atoms. The van der Waals surface area contributed by atoms with Gasteiger partial charge in [-0.2, -0.15) is 0 Å². The van der Waals surface area contributed by atoms with Gasteiger partial charge in [0.2, 0.25) is 5.91 Å². The van der Waals surface area contributed by atoms with E-state index in [2.05, 4.69) is 10.3 Å². The molecule has 0 aliphatic carbocycles. The average Bonchev–Trinajstić information content (AvgIpc) is 2.97. The molecule has 1 atom stereocenters. The first kappa shape index (κ1) is 13.3. The molecule has 100 valence electrons. The zero-order valence-corrected chi connectivity index (χ0v) is 10.7. The maximum absolute atomic E-state index is 12.2. The molecule has 1 amide bonds. The first-order valence-electron chi connectivity index (χ1n) is 6.30. The first-order chi connectivity index (χ1) is 9.31. The number of carbonyl (C=O) groups is 1. The minimum absolute atomic E-state index is 0.0349. The van der Waals surface area contributed by atoms with Crippen LogP contribution >= 0.6 is 0 Å². The average molecular weight is 258 g/mol. The lowest BCUT2D eigenvalue weighted by molar-refractivity contribution is -0.124. The zero-order chi connectivity index (χ0) is 13.5. The van der Waals surface area contributed by atoms with Crippen molar-refractivity contribution in [2.45, 2.75) is 12.5 Å². The second kappa shape index (κ2) is 6.70. The van der Waals surface area contributed by atoms with Gasteiger partial charge in [0.1, 0.15) is 6.04 Å². The molecule has 0 saturated heterocycles. The summed E-state index contributed by atoms with van der Waals surface area (Å²) >= 11 is 0. The van der Waals surface area contributed by atoms with E-state index in [1.54, 1.807) is 18.7 Å². The molecule has 2 rings (SSSR count). The lowest BCUT2D eigenvalue weighted by atomic mass is 10.1. The second-order valence-electron chi connectivity index (χ2n) is 4.30. The van der Waals surface area contributed by atoms with Gasteiger partial charge in [-0.15, -0.1) is 0 Å². The van der Waals surface area contributed by atoms with Crippen molar-refractivity contribution >= 4 is 5.91 Å². The van der Waals surface area contributed by atoms with Crippen LogP contribution < -0.4 is 11.1 Å². The van der Waals surface area contributed by atoms with Crippen molar-refractivity contribution in [3.05, 3.63) is 54.6 Å². The molecule has 0 aliphatic heterocycles. The Morgan fingerprint density at radius 1 is 1.37 bits per heavy atom. The largest absolute Gasteiger partial charge is 0.353 e. The third-order valence-electron chi connectivity index (χ3n) is 2.90. The van der Waals surface area contributed by atoms with E-state index < -0.39 is 0 Å². The van der Waals surface area contributed by atoms with Crippen molar-refractivity contribution < 1.29 is 4.79 Å². The summed E-state index contributed by atoms with van der Waals surface area (Å²) in [7, 11) is 0. The molecule has 1 aromatic carbocycles. The molecule has 1 aromatic heterocycles. The van der Waals surface area contributed by atoms with E-state index in [4.69, 9.17) is 5.73 Å². The molecule has 1 unspecified atom stereocenters. The van der Waals surface area contributed by atoms with Gasteiger partial charge in [-0.05, 0) is 5.56 Å². The van der Waals surface area contributed by atoms with Gasteiger partial charge in [0.05, 0.1) is 6.33 Å². The zero-order valence-electron chi connectivity index (χ0n) is 10.7. The Morgan fingerprint density at radius 3 is 2.79 bits per heavy atom. The van der Waals surface area contributed by atoms with Crippen LogP contribution in [0.2, 0.25) is 0 Å². The van der Waals surface area contributed by atoms with Gasteiger partial charge in [-0.25, -0.2) is 4.98 Å². The van der Waals surface area contributed by atoms with Crippen LogP contribution in [0.5, 0.6) is 0 Å². The predicted octanol–water partition coefficient (Wildman–Crippen LogP) is 0.742. The van der Waals surface area contributed by atoms with Crippen LogP contribution in [-0.2, 0) is 11.2 Å². The van der Waals surface area contributed by atoms with Gasteiger partial charge < -0.3 is 15.6 Å². The molecule has 0 fully saturated rings. The highest BCUT2D eigenvalue weighted by atomic mass is 16.2. The number of nitrogens with one attached hydrogen (secondary N) is 1. The summed E-state index contributed by atoms with van der Waals surface area (Å²) in [5.41, 5.74) is 6.53. The number of hydrogen-bond donors (Lipinski definition) is 2. The highest BCUT2D eigenvalue weighted by molar-refractivity contribution is 5.80. The van der Waals surface area contributed by atoms with Gasteiger partial charge in [0.15, 0.2) is 0 Å². The van der Waals surface area contributed by atoms with Crippen LogP contribution in [0.4, 0.5) is 0 Å². The first-order valence-corrected chi connectivity index (χ1v) is 6.30. The molecule has 3 N–H and O–H groups in total. The number of rotatable bonds is 6. The summed E-state index contributed by atoms with van der Waals surface area (Å²) in [5.74, 6) is -0.0349. The molecule has 19 heavy (non-hydrogen) atoms. The van der Waals surface area contributed by atoms with E-state index in [9.17, 15) is 4.79 Å². The molecule has 2 aromatic rings. The van der Waals surface area contributed by atoms with Crippen LogP contribution in [0.1, 0.15) is 11.6 Å². The van der Waals surface area contributed by atoms with Crippen molar-refractivity contribution in [3.63, 3.8) is 0 Å². The van der Waals surface area contributed by atoms with Crippen LogP contribution in [0, 0.1) is 0 Å². The molecule has 0 saturated carbocycles. The van der Waals surface area contributed by atoms with Crippen molar-refractivity contribution in [3.8, 4) is 0 Å². The summed E-state index contributed by atoms with van der Waals surface area (Å²) in [4.78, 5) is 16.2. The maximum atomic E-state index is 12.2. The second-order valence-corrected chi connectivity index (χ2v) is 4.30. The predicted molar refractivity (Wildman–Crippen MR) is 73.5 cm³/mol. The van der Waals surface area contributed by atoms with Gasteiger partial charge >= 0.3 is 0 Å². The molecule has 1 heterocycles.